The minimum absolute atomic E-state index is 0.344. The third kappa shape index (κ3) is 3.98. The molecule has 1 aliphatic heterocycles. The Bertz CT molecular complexity index is 339. The summed E-state index contributed by atoms with van der Waals surface area (Å²) in [5, 5.41) is 0. The highest BCUT2D eigenvalue weighted by molar-refractivity contribution is 5.34. The highest BCUT2D eigenvalue weighted by Crippen LogP contribution is 2.07. The fourth-order valence-electron chi connectivity index (χ4n) is 2.14. The number of aromatic nitrogens is 1. The summed E-state index contributed by atoms with van der Waals surface area (Å²) in [7, 11) is 0. The van der Waals surface area contributed by atoms with Gasteiger partial charge in [-0.2, -0.15) is 0 Å². The van der Waals surface area contributed by atoms with Gasteiger partial charge >= 0.3 is 0 Å². The molecule has 1 aromatic rings. The molecule has 2 heterocycles. The number of ether oxygens (including phenoxy) is 1. The number of hydrogen-bond acceptors (Lipinski definition) is 4. The van der Waals surface area contributed by atoms with Gasteiger partial charge in [0.2, 0.25) is 0 Å². The molecule has 4 heteroatoms. The molecule has 0 bridgehead atoms. The fourth-order valence-corrected chi connectivity index (χ4v) is 2.14. The SMILES string of the molecule is CC1CN(CCc2ccc(N)cn2)CCCO1. The molecule has 0 saturated carbocycles. The summed E-state index contributed by atoms with van der Waals surface area (Å²) in [6.45, 7) is 6.22. The van der Waals surface area contributed by atoms with Gasteiger partial charge in [0.25, 0.3) is 0 Å². The number of anilines is 1. The molecule has 0 spiro atoms. The van der Waals surface area contributed by atoms with Gasteiger partial charge in [-0.25, -0.2) is 0 Å². The Morgan fingerprint density at radius 2 is 2.41 bits per heavy atom. The van der Waals surface area contributed by atoms with Gasteiger partial charge in [0, 0.05) is 38.4 Å². The minimum atomic E-state index is 0.344. The van der Waals surface area contributed by atoms with E-state index in [0.29, 0.717) is 6.10 Å². The summed E-state index contributed by atoms with van der Waals surface area (Å²) in [6.07, 6.45) is 4.17. The average Bonchev–Trinajstić information content (AvgIpc) is 2.53. The topological polar surface area (TPSA) is 51.4 Å². The third-order valence-corrected chi connectivity index (χ3v) is 3.07. The third-order valence-electron chi connectivity index (χ3n) is 3.07. The molecule has 1 atom stereocenters. The predicted molar refractivity (Wildman–Crippen MR) is 68.8 cm³/mol. The quantitative estimate of drug-likeness (QED) is 0.858. The van der Waals surface area contributed by atoms with E-state index in [4.69, 9.17) is 10.5 Å². The molecule has 4 nitrogen and oxygen atoms in total. The minimum Gasteiger partial charge on any atom is -0.397 e. The van der Waals surface area contributed by atoms with Crippen LogP contribution in [0.3, 0.4) is 0 Å². The molecule has 0 radical (unpaired) electrons. The summed E-state index contributed by atoms with van der Waals surface area (Å²) in [5.41, 5.74) is 7.45. The van der Waals surface area contributed by atoms with Crippen molar-refractivity contribution < 1.29 is 4.74 Å². The van der Waals surface area contributed by atoms with Crippen molar-refractivity contribution in [1.29, 1.82) is 0 Å². The van der Waals surface area contributed by atoms with Crippen LogP contribution in [0.15, 0.2) is 18.3 Å². The molecular weight excluding hydrogens is 214 g/mol. The monoisotopic (exact) mass is 235 g/mol. The molecule has 1 unspecified atom stereocenters. The van der Waals surface area contributed by atoms with E-state index in [-0.39, 0.29) is 0 Å². The van der Waals surface area contributed by atoms with Crippen LogP contribution in [0.2, 0.25) is 0 Å². The Morgan fingerprint density at radius 3 is 3.18 bits per heavy atom. The molecule has 2 N–H and O–H groups in total. The van der Waals surface area contributed by atoms with Gasteiger partial charge in [-0.3, -0.25) is 4.98 Å². The number of nitrogen functional groups attached to an aromatic ring is 1. The van der Waals surface area contributed by atoms with E-state index in [1.54, 1.807) is 6.20 Å². The Morgan fingerprint density at radius 1 is 1.53 bits per heavy atom. The largest absolute Gasteiger partial charge is 0.397 e. The summed E-state index contributed by atoms with van der Waals surface area (Å²) >= 11 is 0. The van der Waals surface area contributed by atoms with Crippen LogP contribution in [0, 0.1) is 0 Å². The number of nitrogens with two attached hydrogens (primary N) is 1. The lowest BCUT2D eigenvalue weighted by Gasteiger charge is -2.21. The molecule has 17 heavy (non-hydrogen) atoms. The van der Waals surface area contributed by atoms with Crippen LogP contribution in [-0.2, 0) is 11.2 Å². The van der Waals surface area contributed by atoms with E-state index in [0.717, 1.165) is 50.5 Å². The van der Waals surface area contributed by atoms with Crippen molar-refractivity contribution in [2.75, 3.05) is 32.0 Å². The Labute approximate surface area is 103 Å². The van der Waals surface area contributed by atoms with Crippen molar-refractivity contribution in [3.63, 3.8) is 0 Å². The van der Waals surface area contributed by atoms with Crippen molar-refractivity contribution in [2.24, 2.45) is 0 Å². The van der Waals surface area contributed by atoms with Crippen molar-refractivity contribution in [1.82, 2.24) is 9.88 Å². The van der Waals surface area contributed by atoms with E-state index in [1.807, 2.05) is 12.1 Å². The lowest BCUT2D eigenvalue weighted by Crippen LogP contribution is -2.32. The van der Waals surface area contributed by atoms with Crippen molar-refractivity contribution in [3.8, 4) is 0 Å². The van der Waals surface area contributed by atoms with Gasteiger partial charge in [-0.1, -0.05) is 0 Å². The average molecular weight is 235 g/mol. The molecule has 1 aliphatic rings. The van der Waals surface area contributed by atoms with Gasteiger partial charge in [0.15, 0.2) is 0 Å². The summed E-state index contributed by atoms with van der Waals surface area (Å²) < 4.78 is 5.63. The molecule has 1 fully saturated rings. The van der Waals surface area contributed by atoms with Crippen LogP contribution in [0.1, 0.15) is 19.0 Å². The Hall–Kier alpha value is -1.13. The number of nitrogens with zero attached hydrogens (tertiary/aromatic N) is 2. The predicted octanol–water partition coefficient (Wildman–Crippen LogP) is 1.32. The first-order valence-electron chi connectivity index (χ1n) is 6.28. The second kappa shape index (κ2) is 5.98. The number of rotatable bonds is 3. The molecular formula is C13H21N3O. The number of hydrogen-bond donors (Lipinski definition) is 1. The van der Waals surface area contributed by atoms with Crippen LogP contribution >= 0.6 is 0 Å². The molecule has 0 aromatic carbocycles. The fraction of sp³-hybridized carbons (Fsp3) is 0.615. The van der Waals surface area contributed by atoms with Crippen LogP contribution < -0.4 is 5.73 Å². The summed E-state index contributed by atoms with van der Waals surface area (Å²) in [4.78, 5) is 6.78. The zero-order valence-electron chi connectivity index (χ0n) is 10.4. The van der Waals surface area contributed by atoms with E-state index in [9.17, 15) is 0 Å². The van der Waals surface area contributed by atoms with E-state index in [2.05, 4.69) is 16.8 Å². The standard InChI is InChI=1S/C13H21N3O/c1-11-10-16(6-2-8-17-11)7-5-13-4-3-12(14)9-15-13/h3-4,9,11H,2,5-8,10,14H2,1H3. The highest BCUT2D eigenvalue weighted by atomic mass is 16.5. The molecule has 0 amide bonds. The second-order valence-corrected chi connectivity index (χ2v) is 4.67. The highest BCUT2D eigenvalue weighted by Gasteiger charge is 2.14. The van der Waals surface area contributed by atoms with Gasteiger partial charge < -0.3 is 15.4 Å². The summed E-state index contributed by atoms with van der Waals surface area (Å²) in [6, 6.07) is 3.92. The van der Waals surface area contributed by atoms with E-state index < -0.39 is 0 Å². The van der Waals surface area contributed by atoms with E-state index >= 15 is 0 Å². The smallest absolute Gasteiger partial charge is 0.0673 e. The van der Waals surface area contributed by atoms with Crippen molar-refractivity contribution in [3.05, 3.63) is 24.0 Å². The van der Waals surface area contributed by atoms with Crippen LogP contribution in [0.25, 0.3) is 0 Å². The normalized spacial score (nSPS) is 22.3. The molecule has 2 rings (SSSR count). The zero-order valence-corrected chi connectivity index (χ0v) is 10.4. The first-order valence-corrected chi connectivity index (χ1v) is 6.28. The zero-order chi connectivity index (χ0) is 12.1. The van der Waals surface area contributed by atoms with Crippen molar-refractivity contribution >= 4 is 5.69 Å². The molecule has 1 aromatic heterocycles. The van der Waals surface area contributed by atoms with Crippen LogP contribution in [-0.4, -0.2) is 42.2 Å². The number of pyridine rings is 1. The Balaban J connectivity index is 1.82. The van der Waals surface area contributed by atoms with Gasteiger partial charge in [-0.15, -0.1) is 0 Å². The van der Waals surface area contributed by atoms with Crippen molar-refractivity contribution in [2.45, 2.75) is 25.9 Å². The summed E-state index contributed by atoms with van der Waals surface area (Å²) in [5.74, 6) is 0. The van der Waals surface area contributed by atoms with Gasteiger partial charge in [-0.05, 0) is 25.5 Å². The molecule has 1 saturated heterocycles. The molecule has 0 aliphatic carbocycles. The maximum absolute atomic E-state index is 5.63. The first kappa shape index (κ1) is 12.3. The lowest BCUT2D eigenvalue weighted by atomic mass is 10.2. The van der Waals surface area contributed by atoms with E-state index in [1.165, 1.54) is 0 Å². The Kier molecular flexibility index (Phi) is 4.34. The maximum atomic E-state index is 5.63. The van der Waals surface area contributed by atoms with Crippen LogP contribution in [0.4, 0.5) is 5.69 Å². The first-order chi connectivity index (χ1) is 8.24. The van der Waals surface area contributed by atoms with Gasteiger partial charge in [0.05, 0.1) is 18.0 Å². The van der Waals surface area contributed by atoms with Gasteiger partial charge in [0.1, 0.15) is 0 Å². The lowest BCUT2D eigenvalue weighted by molar-refractivity contribution is 0.0679. The molecule has 94 valence electrons. The van der Waals surface area contributed by atoms with Crippen LogP contribution in [0.5, 0.6) is 0 Å². The second-order valence-electron chi connectivity index (χ2n) is 4.67. The maximum Gasteiger partial charge on any atom is 0.0673 e.